The van der Waals surface area contributed by atoms with Gasteiger partial charge >= 0.3 is 0 Å². The molecule has 0 fully saturated rings. The third-order valence-electron chi connectivity index (χ3n) is 2.74. The maximum absolute atomic E-state index is 9.67. The maximum Gasteiger partial charge on any atom is 0.209 e. The summed E-state index contributed by atoms with van der Waals surface area (Å²) < 4.78 is 0. The van der Waals surface area contributed by atoms with Crippen molar-refractivity contribution in [3.63, 3.8) is 0 Å². The third-order valence-corrected chi connectivity index (χ3v) is 2.74. The second-order valence-electron chi connectivity index (χ2n) is 4.21. The molecule has 0 amide bonds. The van der Waals surface area contributed by atoms with E-state index < -0.39 is 0 Å². The summed E-state index contributed by atoms with van der Waals surface area (Å²) in [6.07, 6.45) is 5.72. The zero-order chi connectivity index (χ0) is 14.9. The number of nitrogens with zero attached hydrogens (tertiary/aromatic N) is 3. The van der Waals surface area contributed by atoms with Crippen LogP contribution in [0, 0.1) is 11.5 Å². The van der Waals surface area contributed by atoms with E-state index in [0.717, 1.165) is 11.3 Å². The summed E-state index contributed by atoms with van der Waals surface area (Å²) in [5.41, 5.74) is 1.56. The molecular weight excluding hydrogens is 266 g/mol. The summed E-state index contributed by atoms with van der Waals surface area (Å²) >= 11 is 0. The number of aromatic nitrogens is 1. The normalized spacial score (nSPS) is 10.7. The van der Waals surface area contributed by atoms with E-state index >= 15 is 0 Å². The molecule has 2 aromatic rings. The molecule has 0 saturated carbocycles. The van der Waals surface area contributed by atoms with Crippen molar-refractivity contribution in [3.8, 4) is 11.9 Å². The lowest BCUT2D eigenvalue weighted by atomic mass is 10.1. The summed E-state index contributed by atoms with van der Waals surface area (Å²) in [4.78, 5) is 8.25. The van der Waals surface area contributed by atoms with Crippen molar-refractivity contribution in [2.24, 2.45) is 4.99 Å². The van der Waals surface area contributed by atoms with Gasteiger partial charge in [-0.15, -0.1) is 0 Å². The standard InChI is InChI=1S/C15H15N5O/c16-11-19-15(20-13-5-3-8-17-10-13)18-9-7-12-4-1-2-6-14(12)21/h1-6,8,10,21H,7,9H2,(H2,18,19,20). The van der Waals surface area contributed by atoms with Crippen LogP contribution >= 0.6 is 0 Å². The van der Waals surface area contributed by atoms with Crippen molar-refractivity contribution < 1.29 is 5.11 Å². The number of hydrogen-bond acceptors (Lipinski definition) is 4. The molecule has 106 valence electrons. The number of hydrogen-bond donors (Lipinski definition) is 3. The first-order valence-corrected chi connectivity index (χ1v) is 6.43. The van der Waals surface area contributed by atoms with Crippen molar-refractivity contribution in [2.45, 2.75) is 6.42 Å². The predicted octanol–water partition coefficient (Wildman–Crippen LogP) is 1.87. The van der Waals surface area contributed by atoms with E-state index in [4.69, 9.17) is 5.26 Å². The average Bonchev–Trinajstić information content (AvgIpc) is 2.50. The highest BCUT2D eigenvalue weighted by molar-refractivity contribution is 5.94. The van der Waals surface area contributed by atoms with Gasteiger partial charge in [0.15, 0.2) is 6.19 Å². The minimum Gasteiger partial charge on any atom is -0.508 e. The van der Waals surface area contributed by atoms with Crippen LogP contribution in [0.25, 0.3) is 0 Å². The second-order valence-corrected chi connectivity index (χ2v) is 4.21. The van der Waals surface area contributed by atoms with Crippen LogP contribution in [0.5, 0.6) is 5.75 Å². The first kappa shape index (κ1) is 14.3. The number of rotatable bonds is 4. The van der Waals surface area contributed by atoms with E-state index in [1.54, 1.807) is 30.6 Å². The summed E-state index contributed by atoms with van der Waals surface area (Å²) in [6, 6.07) is 10.7. The van der Waals surface area contributed by atoms with Crippen molar-refractivity contribution in [2.75, 3.05) is 11.9 Å². The SMILES string of the molecule is N#CNC(=NCCc1ccccc1O)Nc1cccnc1. The predicted molar refractivity (Wildman–Crippen MR) is 80.7 cm³/mol. The molecule has 0 saturated heterocycles. The average molecular weight is 281 g/mol. The summed E-state index contributed by atoms with van der Waals surface area (Å²) in [5.74, 6) is 0.601. The van der Waals surface area contributed by atoms with Crippen LogP contribution in [-0.2, 0) is 6.42 Å². The zero-order valence-electron chi connectivity index (χ0n) is 11.3. The molecule has 0 radical (unpaired) electrons. The fourth-order valence-corrected chi connectivity index (χ4v) is 1.75. The van der Waals surface area contributed by atoms with Crippen LogP contribution in [0.1, 0.15) is 5.56 Å². The van der Waals surface area contributed by atoms with Gasteiger partial charge in [0, 0.05) is 12.7 Å². The Morgan fingerprint density at radius 2 is 2.14 bits per heavy atom. The molecule has 1 aromatic carbocycles. The van der Waals surface area contributed by atoms with Gasteiger partial charge in [-0.05, 0) is 30.2 Å². The Morgan fingerprint density at radius 1 is 1.29 bits per heavy atom. The van der Waals surface area contributed by atoms with Gasteiger partial charge in [0.05, 0.1) is 11.9 Å². The fraction of sp³-hybridized carbons (Fsp3) is 0.133. The molecule has 6 heteroatoms. The Morgan fingerprint density at radius 3 is 2.86 bits per heavy atom. The highest BCUT2D eigenvalue weighted by atomic mass is 16.3. The van der Waals surface area contributed by atoms with Gasteiger partial charge in [-0.3, -0.25) is 15.3 Å². The number of anilines is 1. The van der Waals surface area contributed by atoms with Crippen molar-refractivity contribution >= 4 is 11.6 Å². The number of guanidine groups is 1. The van der Waals surface area contributed by atoms with Gasteiger partial charge in [-0.2, -0.15) is 5.26 Å². The lowest BCUT2D eigenvalue weighted by Gasteiger charge is -2.07. The number of nitrogens with one attached hydrogen (secondary N) is 2. The maximum atomic E-state index is 9.67. The highest BCUT2D eigenvalue weighted by Crippen LogP contribution is 2.15. The molecule has 0 aliphatic carbocycles. The van der Waals surface area contributed by atoms with E-state index in [1.807, 2.05) is 24.4 Å². The van der Waals surface area contributed by atoms with Gasteiger partial charge in [0.1, 0.15) is 5.75 Å². The first-order valence-electron chi connectivity index (χ1n) is 6.43. The molecule has 3 N–H and O–H groups in total. The Labute approximate surface area is 122 Å². The molecule has 21 heavy (non-hydrogen) atoms. The van der Waals surface area contributed by atoms with Gasteiger partial charge in [0.2, 0.25) is 5.96 Å². The number of aromatic hydroxyl groups is 1. The molecule has 2 rings (SSSR count). The molecule has 0 spiro atoms. The number of phenolic OH excluding ortho intramolecular Hbond substituents is 1. The summed E-state index contributed by atoms with van der Waals surface area (Å²) in [7, 11) is 0. The molecule has 0 unspecified atom stereocenters. The third kappa shape index (κ3) is 4.51. The largest absolute Gasteiger partial charge is 0.508 e. The van der Waals surface area contributed by atoms with Crippen LogP contribution in [0.4, 0.5) is 5.69 Å². The molecule has 1 heterocycles. The minimum absolute atomic E-state index is 0.253. The Hall–Kier alpha value is -3.07. The smallest absolute Gasteiger partial charge is 0.209 e. The fourth-order valence-electron chi connectivity index (χ4n) is 1.75. The number of nitriles is 1. The topological polar surface area (TPSA) is 93.3 Å². The van der Waals surface area contributed by atoms with Crippen molar-refractivity contribution in [3.05, 3.63) is 54.4 Å². The van der Waals surface area contributed by atoms with Gasteiger partial charge in [-0.25, -0.2) is 0 Å². The minimum atomic E-state index is 0.253. The van der Waals surface area contributed by atoms with Crippen molar-refractivity contribution in [1.29, 1.82) is 5.26 Å². The van der Waals surface area contributed by atoms with E-state index in [0.29, 0.717) is 18.9 Å². The first-order chi connectivity index (χ1) is 10.3. The van der Waals surface area contributed by atoms with Crippen molar-refractivity contribution in [1.82, 2.24) is 10.3 Å². The molecular formula is C15H15N5O. The zero-order valence-corrected chi connectivity index (χ0v) is 11.3. The molecule has 0 aliphatic heterocycles. The number of phenols is 1. The van der Waals surface area contributed by atoms with Crippen LogP contribution < -0.4 is 10.6 Å². The van der Waals surface area contributed by atoms with Crippen LogP contribution in [-0.4, -0.2) is 22.6 Å². The van der Waals surface area contributed by atoms with Crippen LogP contribution in [0.15, 0.2) is 53.8 Å². The summed E-state index contributed by atoms with van der Waals surface area (Å²) in [5, 5.41) is 23.9. The Balaban J connectivity index is 1.98. The number of para-hydroxylation sites is 1. The monoisotopic (exact) mass is 281 g/mol. The second kappa shape index (κ2) is 7.50. The Kier molecular flexibility index (Phi) is 5.12. The molecule has 0 aliphatic rings. The Bertz CT molecular complexity index is 649. The number of aliphatic imine (C=N–C) groups is 1. The summed E-state index contributed by atoms with van der Waals surface area (Å²) in [6.45, 7) is 0.439. The van der Waals surface area contributed by atoms with Gasteiger partial charge < -0.3 is 10.4 Å². The molecule has 6 nitrogen and oxygen atoms in total. The quantitative estimate of drug-likeness (QED) is 0.344. The van der Waals surface area contributed by atoms with E-state index in [-0.39, 0.29) is 5.75 Å². The molecule has 0 atom stereocenters. The van der Waals surface area contributed by atoms with Crippen LogP contribution in [0.3, 0.4) is 0 Å². The molecule has 1 aromatic heterocycles. The highest BCUT2D eigenvalue weighted by Gasteiger charge is 2.01. The number of pyridine rings is 1. The number of benzene rings is 1. The lowest BCUT2D eigenvalue weighted by Crippen LogP contribution is -2.27. The van der Waals surface area contributed by atoms with Gasteiger partial charge in [-0.1, -0.05) is 18.2 Å². The van der Waals surface area contributed by atoms with E-state index in [9.17, 15) is 5.11 Å². The van der Waals surface area contributed by atoms with E-state index in [2.05, 4.69) is 20.6 Å². The van der Waals surface area contributed by atoms with Crippen LogP contribution in [0.2, 0.25) is 0 Å². The lowest BCUT2D eigenvalue weighted by molar-refractivity contribution is 0.468. The van der Waals surface area contributed by atoms with Gasteiger partial charge in [0.25, 0.3) is 0 Å². The molecule has 0 bridgehead atoms. The van der Waals surface area contributed by atoms with E-state index in [1.165, 1.54) is 0 Å².